The third-order valence-electron chi connectivity index (χ3n) is 4.32. The van der Waals surface area contributed by atoms with Gasteiger partial charge in [-0.3, -0.25) is 9.59 Å². The molecule has 1 amide bonds. The summed E-state index contributed by atoms with van der Waals surface area (Å²) in [5.74, 6) is 0.656. The summed E-state index contributed by atoms with van der Waals surface area (Å²) in [6, 6.07) is 20.7. The maximum absolute atomic E-state index is 12.8. The second kappa shape index (κ2) is 9.04. The zero-order valence-corrected chi connectivity index (χ0v) is 17.4. The number of para-hydroxylation sites is 1. The topological polar surface area (TPSA) is 84.1 Å². The van der Waals surface area contributed by atoms with Crippen LogP contribution >= 0.6 is 23.2 Å². The highest BCUT2D eigenvalue weighted by atomic mass is 35.5. The minimum Gasteiger partial charge on any atom is -0.455 e. The van der Waals surface area contributed by atoms with E-state index in [1.54, 1.807) is 54.6 Å². The summed E-state index contributed by atoms with van der Waals surface area (Å²) in [5.41, 5.74) is 0.262. The van der Waals surface area contributed by atoms with E-state index in [-0.39, 0.29) is 5.56 Å². The Labute approximate surface area is 187 Å². The summed E-state index contributed by atoms with van der Waals surface area (Å²) in [5, 5.41) is 3.64. The molecule has 0 aliphatic rings. The molecule has 6 nitrogen and oxygen atoms in total. The van der Waals surface area contributed by atoms with Crippen molar-refractivity contribution in [3.8, 4) is 22.9 Å². The molecule has 0 radical (unpaired) electrons. The smallest absolute Gasteiger partial charge is 0.264 e. The first-order valence-corrected chi connectivity index (χ1v) is 9.94. The van der Waals surface area contributed by atoms with Crippen LogP contribution in [-0.2, 0) is 0 Å². The summed E-state index contributed by atoms with van der Waals surface area (Å²) < 4.78 is 5.83. The summed E-state index contributed by atoms with van der Waals surface area (Å²) >= 11 is 12.0. The van der Waals surface area contributed by atoms with Gasteiger partial charge in [-0.15, -0.1) is 0 Å². The predicted molar refractivity (Wildman–Crippen MR) is 121 cm³/mol. The number of carbonyl (C=O) groups excluding carboxylic acids is 1. The van der Waals surface area contributed by atoms with E-state index in [2.05, 4.69) is 15.3 Å². The van der Waals surface area contributed by atoms with Gasteiger partial charge in [0, 0.05) is 21.8 Å². The van der Waals surface area contributed by atoms with E-state index in [4.69, 9.17) is 27.9 Å². The minimum atomic E-state index is -0.642. The van der Waals surface area contributed by atoms with Crippen LogP contribution in [0, 0.1) is 0 Å². The van der Waals surface area contributed by atoms with Crippen molar-refractivity contribution in [1.29, 1.82) is 0 Å². The van der Waals surface area contributed by atoms with Crippen LogP contribution in [0.4, 0.5) is 5.69 Å². The Morgan fingerprint density at radius 1 is 0.935 bits per heavy atom. The maximum atomic E-state index is 12.8. The number of aromatic amines is 1. The summed E-state index contributed by atoms with van der Waals surface area (Å²) in [4.78, 5) is 32.1. The molecule has 1 aromatic heterocycles. The minimum absolute atomic E-state index is 0.150. The Bertz CT molecular complexity index is 1290. The number of hydrogen-bond acceptors (Lipinski definition) is 4. The third kappa shape index (κ3) is 4.94. The number of benzene rings is 3. The van der Waals surface area contributed by atoms with Crippen LogP contribution in [0.25, 0.3) is 11.4 Å². The highest BCUT2D eigenvalue weighted by Gasteiger charge is 2.16. The van der Waals surface area contributed by atoms with Gasteiger partial charge in [-0.25, -0.2) is 4.98 Å². The number of anilines is 1. The first-order chi connectivity index (χ1) is 15.0. The van der Waals surface area contributed by atoms with E-state index >= 15 is 0 Å². The van der Waals surface area contributed by atoms with Crippen molar-refractivity contribution >= 4 is 34.8 Å². The SMILES string of the molecule is O=C(Nc1cc(Cl)ccc1Oc1ccccc1)c1cnc(-c2ccc(Cl)cc2)[nH]c1=O. The number of nitrogens with zero attached hydrogens (tertiary/aromatic N) is 1. The van der Waals surface area contributed by atoms with Crippen LogP contribution in [0.2, 0.25) is 10.0 Å². The van der Waals surface area contributed by atoms with Crippen molar-refractivity contribution < 1.29 is 9.53 Å². The van der Waals surface area contributed by atoms with Gasteiger partial charge in [-0.05, 0) is 54.6 Å². The van der Waals surface area contributed by atoms with E-state index in [1.807, 2.05) is 18.2 Å². The van der Waals surface area contributed by atoms with Crippen LogP contribution < -0.4 is 15.6 Å². The van der Waals surface area contributed by atoms with Gasteiger partial charge < -0.3 is 15.0 Å². The molecule has 2 N–H and O–H groups in total. The van der Waals surface area contributed by atoms with Crippen LogP contribution in [0.1, 0.15) is 10.4 Å². The molecule has 0 aliphatic carbocycles. The van der Waals surface area contributed by atoms with Crippen LogP contribution in [0.5, 0.6) is 11.5 Å². The van der Waals surface area contributed by atoms with Gasteiger partial charge in [0.25, 0.3) is 11.5 Å². The number of ether oxygens (including phenoxy) is 1. The molecular formula is C23H15Cl2N3O3. The zero-order chi connectivity index (χ0) is 21.8. The molecule has 0 saturated carbocycles. The van der Waals surface area contributed by atoms with Crippen molar-refractivity contribution in [2.75, 3.05) is 5.32 Å². The molecule has 0 atom stereocenters. The predicted octanol–water partition coefficient (Wildman–Crippen LogP) is 5.79. The highest BCUT2D eigenvalue weighted by Crippen LogP contribution is 2.32. The Kier molecular flexibility index (Phi) is 6.02. The average Bonchev–Trinajstić information content (AvgIpc) is 2.77. The zero-order valence-electron chi connectivity index (χ0n) is 15.9. The van der Waals surface area contributed by atoms with Crippen molar-refractivity contribution in [1.82, 2.24) is 9.97 Å². The number of hydrogen-bond donors (Lipinski definition) is 2. The number of carbonyl (C=O) groups is 1. The van der Waals surface area contributed by atoms with E-state index in [1.165, 1.54) is 6.20 Å². The molecular weight excluding hydrogens is 437 g/mol. The van der Waals surface area contributed by atoms with Gasteiger partial charge in [0.05, 0.1) is 5.69 Å². The summed E-state index contributed by atoms with van der Waals surface area (Å²) in [6.07, 6.45) is 1.22. The third-order valence-corrected chi connectivity index (χ3v) is 4.81. The van der Waals surface area contributed by atoms with E-state index in [0.717, 1.165) is 0 Å². The quantitative estimate of drug-likeness (QED) is 0.402. The van der Waals surface area contributed by atoms with Gasteiger partial charge in [0.15, 0.2) is 5.75 Å². The molecule has 1 heterocycles. The normalized spacial score (nSPS) is 10.5. The van der Waals surface area contributed by atoms with E-state index < -0.39 is 11.5 Å². The molecule has 0 unspecified atom stereocenters. The standard InChI is InChI=1S/C23H15Cl2N3O3/c24-15-8-6-14(7-9-15)21-26-13-18(23(30)28-21)22(29)27-19-12-16(25)10-11-20(19)31-17-4-2-1-3-5-17/h1-13H,(H,27,29)(H,26,28,30). The molecule has 0 saturated heterocycles. The molecule has 0 aliphatic heterocycles. The second-order valence-electron chi connectivity index (χ2n) is 6.49. The second-order valence-corrected chi connectivity index (χ2v) is 7.36. The Hall–Kier alpha value is -3.61. The lowest BCUT2D eigenvalue weighted by Crippen LogP contribution is -2.24. The molecule has 4 rings (SSSR count). The van der Waals surface area contributed by atoms with Crippen LogP contribution in [0.3, 0.4) is 0 Å². The number of aromatic nitrogens is 2. The molecule has 8 heteroatoms. The molecule has 3 aromatic carbocycles. The molecule has 0 fully saturated rings. The van der Waals surface area contributed by atoms with Gasteiger partial charge in [0.1, 0.15) is 17.1 Å². The first kappa shape index (κ1) is 20.7. The molecule has 154 valence electrons. The van der Waals surface area contributed by atoms with Crippen LogP contribution in [-0.4, -0.2) is 15.9 Å². The lowest BCUT2D eigenvalue weighted by atomic mass is 10.2. The van der Waals surface area contributed by atoms with Crippen molar-refractivity contribution in [2.24, 2.45) is 0 Å². The Balaban J connectivity index is 1.59. The molecule has 0 spiro atoms. The van der Waals surface area contributed by atoms with Gasteiger partial charge in [-0.1, -0.05) is 41.4 Å². The fourth-order valence-corrected chi connectivity index (χ4v) is 3.10. The molecule has 4 aromatic rings. The van der Waals surface area contributed by atoms with Crippen molar-refractivity contribution in [3.05, 3.63) is 105 Å². The highest BCUT2D eigenvalue weighted by molar-refractivity contribution is 6.31. The lowest BCUT2D eigenvalue weighted by Gasteiger charge is -2.13. The van der Waals surface area contributed by atoms with E-state index in [9.17, 15) is 9.59 Å². The largest absolute Gasteiger partial charge is 0.455 e. The first-order valence-electron chi connectivity index (χ1n) is 9.19. The maximum Gasteiger partial charge on any atom is 0.264 e. The fraction of sp³-hybridized carbons (Fsp3) is 0. The monoisotopic (exact) mass is 451 g/mol. The van der Waals surface area contributed by atoms with Gasteiger partial charge in [-0.2, -0.15) is 0 Å². The number of halogens is 2. The summed E-state index contributed by atoms with van der Waals surface area (Å²) in [7, 11) is 0. The number of H-pyrrole nitrogens is 1. The van der Waals surface area contributed by atoms with Crippen molar-refractivity contribution in [3.63, 3.8) is 0 Å². The molecule has 0 bridgehead atoms. The van der Waals surface area contributed by atoms with Crippen LogP contribution in [0.15, 0.2) is 83.8 Å². The van der Waals surface area contributed by atoms with Gasteiger partial charge in [0.2, 0.25) is 0 Å². The summed E-state index contributed by atoms with van der Waals surface area (Å²) in [6.45, 7) is 0. The Morgan fingerprint density at radius 2 is 1.65 bits per heavy atom. The molecule has 31 heavy (non-hydrogen) atoms. The Morgan fingerprint density at radius 3 is 2.35 bits per heavy atom. The van der Waals surface area contributed by atoms with Crippen molar-refractivity contribution in [2.45, 2.75) is 0 Å². The number of nitrogens with one attached hydrogen (secondary N) is 2. The number of rotatable bonds is 5. The van der Waals surface area contributed by atoms with Gasteiger partial charge >= 0.3 is 0 Å². The van der Waals surface area contributed by atoms with E-state index in [0.29, 0.717) is 38.6 Å². The average molecular weight is 452 g/mol. The fourth-order valence-electron chi connectivity index (χ4n) is 2.81. The lowest BCUT2D eigenvalue weighted by molar-refractivity contribution is 0.102. The number of amides is 1.